The van der Waals surface area contributed by atoms with Crippen molar-refractivity contribution in [1.82, 2.24) is 4.90 Å². The zero-order chi connectivity index (χ0) is 19.4. The van der Waals surface area contributed by atoms with Crippen LogP contribution >= 0.6 is 24.0 Å². The highest BCUT2D eigenvalue weighted by molar-refractivity contribution is 8.26. The van der Waals surface area contributed by atoms with Gasteiger partial charge in [-0.15, -0.1) is 0 Å². The largest absolute Gasteiger partial charge is 0.480 e. The average Bonchev–Trinajstić information content (AvgIpc) is 2.82. The summed E-state index contributed by atoms with van der Waals surface area (Å²) in [4.78, 5) is 36.6. The van der Waals surface area contributed by atoms with Crippen LogP contribution in [0.4, 0.5) is 0 Å². The Kier molecular flexibility index (Phi) is 6.55. The number of amides is 2. The summed E-state index contributed by atoms with van der Waals surface area (Å²) in [7, 11) is 0. The van der Waals surface area contributed by atoms with Gasteiger partial charge in [-0.3, -0.25) is 14.5 Å². The Bertz CT molecular complexity index is 772. The molecule has 0 saturated carbocycles. The lowest BCUT2D eigenvalue weighted by molar-refractivity contribution is -0.145. The van der Waals surface area contributed by atoms with Crippen molar-refractivity contribution >= 4 is 52.2 Å². The lowest BCUT2D eigenvalue weighted by atomic mass is 10.0. The van der Waals surface area contributed by atoms with Crippen LogP contribution < -0.4 is 5.73 Å². The van der Waals surface area contributed by atoms with Crippen molar-refractivity contribution in [3.05, 3.63) is 40.3 Å². The molecule has 3 N–H and O–H groups in total. The Hall–Kier alpha value is -2.19. The highest BCUT2D eigenvalue weighted by atomic mass is 32.2. The molecule has 8 heteroatoms. The van der Waals surface area contributed by atoms with E-state index >= 15 is 0 Å². The SMILES string of the molecule is CC(C)c1ccc(/C=C2\SC(=S)N(C(CCC(N)=O)C(=O)O)C2=O)cc1. The van der Waals surface area contributed by atoms with Gasteiger partial charge in [0.1, 0.15) is 10.4 Å². The van der Waals surface area contributed by atoms with Crippen LogP contribution in [-0.4, -0.2) is 38.2 Å². The number of thioether (sulfide) groups is 1. The minimum Gasteiger partial charge on any atom is -0.480 e. The van der Waals surface area contributed by atoms with Crippen LogP contribution in [0, 0.1) is 0 Å². The van der Waals surface area contributed by atoms with E-state index in [9.17, 15) is 19.5 Å². The van der Waals surface area contributed by atoms with E-state index in [1.807, 2.05) is 24.3 Å². The van der Waals surface area contributed by atoms with Crippen LogP contribution in [0.3, 0.4) is 0 Å². The first-order valence-electron chi connectivity index (χ1n) is 8.09. The Morgan fingerprint density at radius 1 is 1.31 bits per heavy atom. The maximum absolute atomic E-state index is 12.7. The summed E-state index contributed by atoms with van der Waals surface area (Å²) in [5.41, 5.74) is 7.11. The molecule has 1 heterocycles. The summed E-state index contributed by atoms with van der Waals surface area (Å²) in [5.74, 6) is -1.90. The van der Waals surface area contributed by atoms with Crippen molar-refractivity contribution < 1.29 is 19.5 Å². The molecule has 0 aliphatic carbocycles. The van der Waals surface area contributed by atoms with Gasteiger partial charge < -0.3 is 10.8 Å². The molecule has 6 nitrogen and oxygen atoms in total. The normalized spacial score (nSPS) is 17.2. The van der Waals surface area contributed by atoms with Crippen LogP contribution in [0.25, 0.3) is 6.08 Å². The van der Waals surface area contributed by atoms with Crippen molar-refractivity contribution in [2.45, 2.75) is 38.6 Å². The van der Waals surface area contributed by atoms with E-state index < -0.39 is 23.8 Å². The van der Waals surface area contributed by atoms with Crippen molar-refractivity contribution in [3.63, 3.8) is 0 Å². The van der Waals surface area contributed by atoms with Crippen LogP contribution in [-0.2, 0) is 14.4 Å². The van der Waals surface area contributed by atoms with E-state index in [1.54, 1.807) is 6.08 Å². The molecule has 138 valence electrons. The number of primary amides is 1. The Morgan fingerprint density at radius 2 is 1.92 bits per heavy atom. The minimum atomic E-state index is -1.22. The van der Waals surface area contributed by atoms with Gasteiger partial charge >= 0.3 is 5.97 Å². The van der Waals surface area contributed by atoms with Gasteiger partial charge in [-0.1, -0.05) is 62.1 Å². The van der Waals surface area contributed by atoms with Crippen LogP contribution in [0.5, 0.6) is 0 Å². The Balaban J connectivity index is 2.23. The van der Waals surface area contributed by atoms with E-state index in [-0.39, 0.29) is 17.2 Å². The number of aliphatic carboxylic acids is 1. The zero-order valence-electron chi connectivity index (χ0n) is 14.5. The molecule has 2 amide bonds. The lowest BCUT2D eigenvalue weighted by Crippen LogP contribution is -2.44. The lowest BCUT2D eigenvalue weighted by Gasteiger charge is -2.22. The van der Waals surface area contributed by atoms with Gasteiger partial charge in [0, 0.05) is 6.42 Å². The van der Waals surface area contributed by atoms with E-state index in [4.69, 9.17) is 18.0 Å². The molecule has 0 spiro atoms. The Labute approximate surface area is 161 Å². The fourth-order valence-corrected chi connectivity index (χ4v) is 3.88. The molecule has 1 fully saturated rings. The quantitative estimate of drug-likeness (QED) is 0.547. The van der Waals surface area contributed by atoms with Crippen LogP contribution in [0.15, 0.2) is 29.2 Å². The first-order valence-corrected chi connectivity index (χ1v) is 9.31. The van der Waals surface area contributed by atoms with E-state index in [1.165, 1.54) is 5.56 Å². The number of thiocarbonyl (C=S) groups is 1. The molecule has 2 rings (SSSR count). The molecule has 0 radical (unpaired) electrons. The minimum absolute atomic E-state index is 0.0759. The highest BCUT2D eigenvalue weighted by Gasteiger charge is 2.40. The van der Waals surface area contributed by atoms with E-state index in [0.29, 0.717) is 10.8 Å². The molecule has 0 bridgehead atoms. The van der Waals surface area contributed by atoms with Crippen LogP contribution in [0.2, 0.25) is 0 Å². The van der Waals surface area contributed by atoms with E-state index in [2.05, 4.69) is 13.8 Å². The standard InChI is InChI=1S/C18H20N2O4S2/c1-10(2)12-5-3-11(4-6-12)9-14-16(22)20(18(25)26-14)13(17(23)24)7-8-15(19)21/h3-6,9-10,13H,7-8H2,1-2H3,(H2,19,21)(H,23,24)/b14-9-. The molecule has 0 aromatic heterocycles. The molecule has 1 unspecified atom stereocenters. The van der Waals surface area contributed by atoms with Gasteiger partial charge in [-0.2, -0.15) is 0 Å². The zero-order valence-corrected chi connectivity index (χ0v) is 16.1. The third kappa shape index (κ3) is 4.70. The third-order valence-corrected chi connectivity index (χ3v) is 5.32. The molecule has 1 atom stereocenters. The van der Waals surface area contributed by atoms with Gasteiger partial charge in [0.25, 0.3) is 5.91 Å². The summed E-state index contributed by atoms with van der Waals surface area (Å²) in [5, 5.41) is 9.41. The second-order valence-corrected chi connectivity index (χ2v) is 7.91. The summed E-state index contributed by atoms with van der Waals surface area (Å²) < 4.78 is 0.164. The summed E-state index contributed by atoms with van der Waals surface area (Å²) >= 11 is 6.25. The first-order chi connectivity index (χ1) is 12.2. The summed E-state index contributed by atoms with van der Waals surface area (Å²) in [6, 6.07) is 6.59. The number of rotatable bonds is 7. The summed E-state index contributed by atoms with van der Waals surface area (Å²) in [6.07, 6.45) is 1.48. The van der Waals surface area contributed by atoms with Gasteiger partial charge in [0.15, 0.2) is 0 Å². The molecule has 1 aromatic carbocycles. The van der Waals surface area contributed by atoms with Crippen molar-refractivity contribution in [3.8, 4) is 0 Å². The summed E-state index contributed by atoms with van der Waals surface area (Å²) in [6.45, 7) is 4.19. The fourth-order valence-electron chi connectivity index (χ4n) is 2.52. The third-order valence-electron chi connectivity index (χ3n) is 3.99. The number of hydrogen-bond donors (Lipinski definition) is 2. The Morgan fingerprint density at radius 3 is 2.42 bits per heavy atom. The number of nitrogens with two attached hydrogens (primary N) is 1. The van der Waals surface area contributed by atoms with Crippen molar-refractivity contribution in [2.24, 2.45) is 5.73 Å². The smallest absolute Gasteiger partial charge is 0.326 e. The number of carboxylic acid groups (broad SMARTS) is 1. The predicted octanol–water partition coefficient (Wildman–Crippen LogP) is 2.73. The van der Waals surface area contributed by atoms with Gasteiger partial charge in [0.2, 0.25) is 5.91 Å². The monoisotopic (exact) mass is 392 g/mol. The fraction of sp³-hybridized carbons (Fsp3) is 0.333. The van der Waals surface area contributed by atoms with Gasteiger partial charge in [0.05, 0.1) is 4.91 Å². The topological polar surface area (TPSA) is 101 Å². The number of benzene rings is 1. The number of hydrogen-bond acceptors (Lipinski definition) is 5. The highest BCUT2D eigenvalue weighted by Crippen LogP contribution is 2.35. The second kappa shape index (κ2) is 8.46. The average molecular weight is 393 g/mol. The van der Waals surface area contributed by atoms with Crippen molar-refractivity contribution in [1.29, 1.82) is 0 Å². The van der Waals surface area contributed by atoms with Gasteiger partial charge in [-0.05, 0) is 29.5 Å². The number of carbonyl (C=O) groups excluding carboxylic acids is 2. The molecule has 1 aromatic rings. The molecular formula is C18H20N2O4S2. The van der Waals surface area contributed by atoms with Crippen LogP contribution in [0.1, 0.15) is 43.7 Å². The molecule has 26 heavy (non-hydrogen) atoms. The van der Waals surface area contributed by atoms with Crippen molar-refractivity contribution in [2.75, 3.05) is 0 Å². The predicted molar refractivity (Wildman–Crippen MR) is 105 cm³/mol. The maximum atomic E-state index is 12.7. The number of carbonyl (C=O) groups is 3. The molecule has 1 aliphatic rings. The van der Waals surface area contributed by atoms with Gasteiger partial charge in [-0.25, -0.2) is 4.79 Å². The number of nitrogens with zero attached hydrogens (tertiary/aromatic N) is 1. The second-order valence-electron chi connectivity index (χ2n) is 6.23. The maximum Gasteiger partial charge on any atom is 0.326 e. The van der Waals surface area contributed by atoms with E-state index in [0.717, 1.165) is 22.2 Å². The first kappa shape index (κ1) is 20.1. The molecular weight excluding hydrogens is 372 g/mol. The number of carboxylic acids is 1. The molecule has 1 saturated heterocycles. The molecule has 1 aliphatic heterocycles.